The maximum absolute atomic E-state index is 13.3. The molecule has 0 spiro atoms. The SMILES string of the molecule is O=C(O)Cc1ccc(C2CC2)cc1F. The molecule has 0 atom stereocenters. The van der Waals surface area contributed by atoms with Gasteiger partial charge in [-0.2, -0.15) is 0 Å². The Balaban J connectivity index is 2.21. The Bertz CT molecular complexity index is 370. The smallest absolute Gasteiger partial charge is 0.307 e. The number of rotatable bonds is 3. The fourth-order valence-electron chi connectivity index (χ4n) is 1.54. The van der Waals surface area contributed by atoms with E-state index >= 15 is 0 Å². The Morgan fingerprint density at radius 2 is 2.21 bits per heavy atom. The van der Waals surface area contributed by atoms with Crippen LogP contribution in [0.5, 0.6) is 0 Å². The molecule has 0 aliphatic heterocycles. The van der Waals surface area contributed by atoms with E-state index in [1.807, 2.05) is 6.07 Å². The maximum Gasteiger partial charge on any atom is 0.307 e. The third-order valence-corrected chi connectivity index (χ3v) is 2.47. The molecular formula is C11H11FO2. The van der Waals surface area contributed by atoms with Crippen molar-refractivity contribution in [3.05, 3.63) is 35.1 Å². The highest BCUT2D eigenvalue weighted by molar-refractivity contribution is 5.70. The Hall–Kier alpha value is -1.38. The fourth-order valence-corrected chi connectivity index (χ4v) is 1.54. The molecule has 74 valence electrons. The number of carbonyl (C=O) groups is 1. The lowest BCUT2D eigenvalue weighted by molar-refractivity contribution is -0.136. The van der Waals surface area contributed by atoms with Crippen molar-refractivity contribution < 1.29 is 14.3 Å². The van der Waals surface area contributed by atoms with Crippen molar-refractivity contribution in [2.45, 2.75) is 25.2 Å². The van der Waals surface area contributed by atoms with E-state index in [-0.39, 0.29) is 12.0 Å². The number of halogens is 1. The molecule has 0 unspecified atom stereocenters. The lowest BCUT2D eigenvalue weighted by atomic mass is 10.1. The summed E-state index contributed by atoms with van der Waals surface area (Å²) in [5.74, 6) is -0.886. The summed E-state index contributed by atoms with van der Waals surface area (Å²) in [7, 11) is 0. The van der Waals surface area contributed by atoms with E-state index in [2.05, 4.69) is 0 Å². The van der Waals surface area contributed by atoms with Gasteiger partial charge < -0.3 is 5.11 Å². The minimum Gasteiger partial charge on any atom is -0.481 e. The average molecular weight is 194 g/mol. The molecule has 1 saturated carbocycles. The van der Waals surface area contributed by atoms with Crippen LogP contribution in [0.2, 0.25) is 0 Å². The zero-order valence-corrected chi connectivity index (χ0v) is 7.66. The van der Waals surface area contributed by atoms with Gasteiger partial charge in [-0.25, -0.2) is 4.39 Å². The lowest BCUT2D eigenvalue weighted by Crippen LogP contribution is -2.02. The molecule has 0 saturated heterocycles. The van der Waals surface area contributed by atoms with Crippen LogP contribution in [0.15, 0.2) is 18.2 Å². The van der Waals surface area contributed by atoms with E-state index in [1.165, 1.54) is 6.07 Å². The van der Waals surface area contributed by atoms with Crippen LogP contribution in [0.25, 0.3) is 0 Å². The largest absolute Gasteiger partial charge is 0.481 e. The molecule has 1 aliphatic carbocycles. The van der Waals surface area contributed by atoms with Crippen LogP contribution in [-0.4, -0.2) is 11.1 Å². The van der Waals surface area contributed by atoms with Gasteiger partial charge in [0.05, 0.1) is 6.42 Å². The van der Waals surface area contributed by atoms with Crippen molar-refractivity contribution in [1.29, 1.82) is 0 Å². The Kier molecular flexibility index (Phi) is 2.23. The van der Waals surface area contributed by atoms with Gasteiger partial charge in [-0.1, -0.05) is 12.1 Å². The highest BCUT2D eigenvalue weighted by Gasteiger charge is 2.24. The molecule has 0 radical (unpaired) electrons. The Morgan fingerprint density at radius 1 is 1.50 bits per heavy atom. The third-order valence-electron chi connectivity index (χ3n) is 2.47. The second-order valence-electron chi connectivity index (χ2n) is 3.70. The summed E-state index contributed by atoms with van der Waals surface area (Å²) in [6.07, 6.45) is 2.01. The zero-order valence-electron chi connectivity index (χ0n) is 7.66. The standard InChI is InChI=1S/C11H11FO2/c12-10-5-8(7-1-2-7)3-4-9(10)6-11(13)14/h3-5,7H,1-2,6H2,(H,13,14). The van der Waals surface area contributed by atoms with Crippen LogP contribution < -0.4 is 0 Å². The normalized spacial score (nSPS) is 15.5. The predicted molar refractivity (Wildman–Crippen MR) is 49.7 cm³/mol. The Morgan fingerprint density at radius 3 is 2.71 bits per heavy atom. The van der Waals surface area contributed by atoms with Crippen LogP contribution >= 0.6 is 0 Å². The molecule has 3 heteroatoms. The molecule has 2 nitrogen and oxygen atoms in total. The van der Waals surface area contributed by atoms with Gasteiger partial charge >= 0.3 is 5.97 Å². The first-order valence-electron chi connectivity index (χ1n) is 4.67. The average Bonchev–Trinajstić information content (AvgIpc) is 2.90. The minimum absolute atomic E-state index is 0.239. The van der Waals surface area contributed by atoms with Gasteiger partial charge in [0.15, 0.2) is 0 Å². The summed E-state index contributed by atoms with van der Waals surface area (Å²) < 4.78 is 13.3. The first kappa shape index (κ1) is 9.19. The first-order chi connectivity index (χ1) is 6.66. The molecule has 0 aromatic heterocycles. The molecule has 1 N–H and O–H groups in total. The van der Waals surface area contributed by atoms with E-state index in [4.69, 9.17) is 5.11 Å². The molecule has 1 aliphatic rings. The number of aliphatic carboxylic acids is 1. The quantitative estimate of drug-likeness (QED) is 0.801. The summed E-state index contributed by atoms with van der Waals surface area (Å²) in [5.41, 5.74) is 1.26. The molecule has 0 heterocycles. The van der Waals surface area contributed by atoms with Crippen LogP contribution in [0.1, 0.15) is 29.9 Å². The molecule has 2 rings (SSSR count). The molecule has 0 amide bonds. The van der Waals surface area contributed by atoms with Gasteiger partial charge in [0.1, 0.15) is 5.82 Å². The van der Waals surface area contributed by atoms with Gasteiger partial charge in [0.2, 0.25) is 0 Å². The number of hydrogen-bond donors (Lipinski definition) is 1. The number of carboxylic acid groups (broad SMARTS) is 1. The zero-order chi connectivity index (χ0) is 10.1. The molecule has 0 bridgehead atoms. The van der Waals surface area contributed by atoms with Crippen molar-refractivity contribution in [3.63, 3.8) is 0 Å². The van der Waals surface area contributed by atoms with Gasteiger partial charge in [-0.05, 0) is 36.0 Å². The molecular weight excluding hydrogens is 183 g/mol. The van der Waals surface area contributed by atoms with Crippen LogP contribution in [0.4, 0.5) is 4.39 Å². The molecule has 1 aromatic rings. The summed E-state index contributed by atoms with van der Waals surface area (Å²) in [4.78, 5) is 10.4. The summed E-state index contributed by atoms with van der Waals surface area (Å²) in [6, 6.07) is 4.88. The van der Waals surface area contributed by atoms with E-state index < -0.39 is 11.8 Å². The molecule has 1 aromatic carbocycles. The van der Waals surface area contributed by atoms with Crippen molar-refractivity contribution in [3.8, 4) is 0 Å². The van der Waals surface area contributed by atoms with Crippen molar-refractivity contribution >= 4 is 5.97 Å². The van der Waals surface area contributed by atoms with Gasteiger partial charge in [0.25, 0.3) is 0 Å². The third kappa shape index (κ3) is 1.92. The van der Waals surface area contributed by atoms with Crippen molar-refractivity contribution in [2.75, 3.05) is 0 Å². The first-order valence-corrected chi connectivity index (χ1v) is 4.67. The Labute approximate surface area is 81.4 Å². The second kappa shape index (κ2) is 3.40. The van der Waals surface area contributed by atoms with Gasteiger partial charge in [-0.15, -0.1) is 0 Å². The lowest BCUT2D eigenvalue weighted by Gasteiger charge is -2.02. The predicted octanol–water partition coefficient (Wildman–Crippen LogP) is 2.33. The van der Waals surface area contributed by atoms with Crippen LogP contribution in [0, 0.1) is 5.82 Å². The van der Waals surface area contributed by atoms with Crippen LogP contribution in [-0.2, 0) is 11.2 Å². The minimum atomic E-state index is -0.997. The van der Waals surface area contributed by atoms with E-state index in [9.17, 15) is 9.18 Å². The topological polar surface area (TPSA) is 37.3 Å². The second-order valence-corrected chi connectivity index (χ2v) is 3.70. The molecule has 14 heavy (non-hydrogen) atoms. The molecule has 1 fully saturated rings. The van der Waals surface area contributed by atoms with Crippen molar-refractivity contribution in [1.82, 2.24) is 0 Å². The summed E-state index contributed by atoms with van der Waals surface area (Å²) in [5, 5.41) is 8.52. The number of carboxylic acids is 1. The maximum atomic E-state index is 13.3. The van der Waals surface area contributed by atoms with Crippen molar-refractivity contribution in [2.24, 2.45) is 0 Å². The fraction of sp³-hybridized carbons (Fsp3) is 0.364. The highest BCUT2D eigenvalue weighted by atomic mass is 19.1. The van der Waals surface area contributed by atoms with Crippen LogP contribution in [0.3, 0.4) is 0 Å². The van der Waals surface area contributed by atoms with Gasteiger partial charge in [-0.3, -0.25) is 4.79 Å². The number of hydrogen-bond acceptors (Lipinski definition) is 1. The highest BCUT2D eigenvalue weighted by Crippen LogP contribution is 2.40. The monoisotopic (exact) mass is 194 g/mol. The van der Waals surface area contributed by atoms with E-state index in [1.54, 1.807) is 6.07 Å². The van der Waals surface area contributed by atoms with E-state index in [0.717, 1.165) is 18.4 Å². The van der Waals surface area contributed by atoms with E-state index in [0.29, 0.717) is 5.92 Å². The van der Waals surface area contributed by atoms with Gasteiger partial charge in [0, 0.05) is 0 Å². The summed E-state index contributed by atoms with van der Waals surface area (Å²) >= 11 is 0. The summed E-state index contributed by atoms with van der Waals surface area (Å²) in [6.45, 7) is 0. The number of benzene rings is 1.